The Morgan fingerprint density at radius 3 is 2.63 bits per heavy atom. The van der Waals surface area contributed by atoms with E-state index in [-0.39, 0.29) is 0 Å². The average Bonchev–Trinajstić information content (AvgIpc) is 2.45. The summed E-state index contributed by atoms with van der Waals surface area (Å²) in [5.41, 5.74) is 2.60. The van der Waals surface area contributed by atoms with E-state index in [4.69, 9.17) is 14.7 Å². The van der Waals surface area contributed by atoms with Crippen LogP contribution in [0.15, 0.2) is 12.1 Å². The van der Waals surface area contributed by atoms with Gasteiger partial charge < -0.3 is 9.47 Å². The van der Waals surface area contributed by atoms with Crippen LogP contribution < -0.4 is 9.47 Å². The zero-order valence-electron chi connectivity index (χ0n) is 11.8. The maximum absolute atomic E-state index is 8.72. The van der Waals surface area contributed by atoms with Gasteiger partial charge in [-0.2, -0.15) is 5.26 Å². The first-order valence-corrected chi connectivity index (χ1v) is 6.57. The lowest BCUT2D eigenvalue weighted by Crippen LogP contribution is -2.34. The zero-order chi connectivity index (χ0) is 13.8. The van der Waals surface area contributed by atoms with Gasteiger partial charge in [-0.1, -0.05) is 0 Å². The van der Waals surface area contributed by atoms with Crippen molar-refractivity contribution in [1.29, 1.82) is 5.26 Å². The molecule has 0 radical (unpaired) electrons. The second-order valence-electron chi connectivity index (χ2n) is 4.78. The maximum Gasteiger partial charge on any atom is 0.161 e. The first-order chi connectivity index (χ1) is 9.21. The summed E-state index contributed by atoms with van der Waals surface area (Å²) >= 11 is 0. The summed E-state index contributed by atoms with van der Waals surface area (Å²) in [6.45, 7) is 4.00. The minimum absolute atomic E-state index is 0.317. The summed E-state index contributed by atoms with van der Waals surface area (Å²) in [4.78, 5) is 2.34. The van der Waals surface area contributed by atoms with Crippen LogP contribution in [-0.4, -0.2) is 32.2 Å². The van der Waals surface area contributed by atoms with Gasteiger partial charge in [-0.05, 0) is 36.6 Å². The average molecular weight is 260 g/mol. The standard InChI is InChI=1S/C15H20N2O2/c1-11-13-10-15(19-3)14(18-2)9-12(13)5-8-17(11)7-4-6-16/h9-11H,4-5,7-8H2,1-3H3. The molecular formula is C15H20N2O2. The molecule has 4 heteroatoms. The molecule has 1 aromatic carbocycles. The van der Waals surface area contributed by atoms with Crippen molar-refractivity contribution in [3.63, 3.8) is 0 Å². The van der Waals surface area contributed by atoms with Crippen molar-refractivity contribution in [3.8, 4) is 17.6 Å². The predicted octanol–water partition coefficient (Wildman–Crippen LogP) is 2.54. The lowest BCUT2D eigenvalue weighted by Gasteiger charge is -2.35. The highest BCUT2D eigenvalue weighted by molar-refractivity contribution is 5.49. The van der Waals surface area contributed by atoms with Gasteiger partial charge in [-0.15, -0.1) is 0 Å². The number of nitriles is 1. The molecule has 1 aliphatic heterocycles. The molecule has 4 nitrogen and oxygen atoms in total. The van der Waals surface area contributed by atoms with Gasteiger partial charge in [0.15, 0.2) is 11.5 Å². The van der Waals surface area contributed by atoms with E-state index < -0.39 is 0 Å². The first-order valence-electron chi connectivity index (χ1n) is 6.57. The summed E-state index contributed by atoms with van der Waals surface area (Å²) < 4.78 is 10.7. The van der Waals surface area contributed by atoms with Gasteiger partial charge in [0.2, 0.25) is 0 Å². The summed E-state index contributed by atoms with van der Waals surface area (Å²) in [6.07, 6.45) is 1.57. The monoisotopic (exact) mass is 260 g/mol. The molecule has 1 aromatic rings. The van der Waals surface area contributed by atoms with Crippen molar-refractivity contribution in [1.82, 2.24) is 4.90 Å². The highest BCUT2D eigenvalue weighted by Crippen LogP contribution is 2.37. The molecule has 1 atom stereocenters. The Labute approximate surface area is 114 Å². The van der Waals surface area contributed by atoms with Crippen molar-refractivity contribution < 1.29 is 9.47 Å². The normalized spacial score (nSPS) is 18.5. The smallest absolute Gasteiger partial charge is 0.161 e. The molecule has 0 saturated heterocycles. The number of benzene rings is 1. The van der Waals surface area contributed by atoms with Crippen LogP contribution >= 0.6 is 0 Å². The topological polar surface area (TPSA) is 45.5 Å². The van der Waals surface area contributed by atoms with Crippen molar-refractivity contribution in [3.05, 3.63) is 23.3 Å². The summed E-state index contributed by atoms with van der Waals surface area (Å²) in [5, 5.41) is 8.72. The Bertz CT molecular complexity index is 494. The van der Waals surface area contributed by atoms with E-state index in [1.165, 1.54) is 11.1 Å². The molecule has 0 aliphatic carbocycles. The van der Waals surface area contributed by atoms with Gasteiger partial charge >= 0.3 is 0 Å². The number of ether oxygens (including phenoxy) is 2. The number of fused-ring (bicyclic) bond motifs is 1. The first kappa shape index (κ1) is 13.7. The molecule has 0 saturated carbocycles. The second kappa shape index (κ2) is 5.94. The van der Waals surface area contributed by atoms with Crippen molar-refractivity contribution >= 4 is 0 Å². The molecule has 0 bridgehead atoms. The number of methoxy groups -OCH3 is 2. The SMILES string of the molecule is COc1cc2c(cc1OC)C(C)N(CCC#N)CC2. The Kier molecular flexibility index (Phi) is 4.28. The van der Waals surface area contributed by atoms with E-state index in [1.807, 2.05) is 0 Å². The maximum atomic E-state index is 8.72. The Morgan fingerprint density at radius 1 is 1.32 bits per heavy atom. The van der Waals surface area contributed by atoms with Crippen LogP contribution in [0.5, 0.6) is 11.5 Å². The molecule has 1 heterocycles. The minimum atomic E-state index is 0.317. The van der Waals surface area contributed by atoms with Crippen LogP contribution in [0.2, 0.25) is 0 Å². The van der Waals surface area contributed by atoms with Crippen LogP contribution in [0.1, 0.15) is 30.5 Å². The minimum Gasteiger partial charge on any atom is -0.493 e. The van der Waals surface area contributed by atoms with Gasteiger partial charge in [0.05, 0.1) is 20.3 Å². The number of hydrogen-bond donors (Lipinski definition) is 0. The van der Waals surface area contributed by atoms with Gasteiger partial charge in [0, 0.05) is 25.6 Å². The quantitative estimate of drug-likeness (QED) is 0.834. The Morgan fingerprint density at radius 2 is 2.00 bits per heavy atom. The highest BCUT2D eigenvalue weighted by Gasteiger charge is 2.25. The summed E-state index contributed by atoms with van der Waals surface area (Å²) in [5.74, 6) is 1.56. The molecule has 0 fully saturated rings. The Balaban J connectivity index is 2.30. The molecule has 0 amide bonds. The third-order valence-electron chi connectivity index (χ3n) is 3.82. The third kappa shape index (κ3) is 2.66. The fourth-order valence-electron chi connectivity index (χ4n) is 2.70. The second-order valence-corrected chi connectivity index (χ2v) is 4.78. The van der Waals surface area contributed by atoms with E-state index >= 15 is 0 Å². The van der Waals surface area contributed by atoms with Gasteiger partial charge in [-0.3, -0.25) is 4.90 Å². The van der Waals surface area contributed by atoms with E-state index in [9.17, 15) is 0 Å². The molecule has 19 heavy (non-hydrogen) atoms. The van der Waals surface area contributed by atoms with Crippen LogP contribution in [0, 0.1) is 11.3 Å². The van der Waals surface area contributed by atoms with E-state index in [0.29, 0.717) is 12.5 Å². The molecule has 0 spiro atoms. The summed E-state index contributed by atoms with van der Waals surface area (Å²) in [6, 6.07) is 6.67. The number of rotatable bonds is 4. The van der Waals surface area contributed by atoms with Gasteiger partial charge in [-0.25, -0.2) is 0 Å². The van der Waals surface area contributed by atoms with Crippen molar-refractivity contribution in [2.24, 2.45) is 0 Å². The molecule has 0 N–H and O–H groups in total. The third-order valence-corrected chi connectivity index (χ3v) is 3.82. The zero-order valence-corrected chi connectivity index (χ0v) is 11.8. The largest absolute Gasteiger partial charge is 0.493 e. The van der Waals surface area contributed by atoms with Crippen LogP contribution in [0.4, 0.5) is 0 Å². The summed E-state index contributed by atoms with van der Waals surface area (Å²) in [7, 11) is 3.32. The van der Waals surface area contributed by atoms with Gasteiger partial charge in [0.25, 0.3) is 0 Å². The fraction of sp³-hybridized carbons (Fsp3) is 0.533. The number of nitrogens with zero attached hydrogens (tertiary/aromatic N) is 2. The lowest BCUT2D eigenvalue weighted by atomic mass is 9.92. The van der Waals surface area contributed by atoms with E-state index in [0.717, 1.165) is 31.0 Å². The molecule has 0 aromatic heterocycles. The van der Waals surface area contributed by atoms with Gasteiger partial charge in [0.1, 0.15) is 0 Å². The molecular weight excluding hydrogens is 240 g/mol. The van der Waals surface area contributed by atoms with Crippen molar-refractivity contribution in [2.75, 3.05) is 27.3 Å². The molecule has 1 aliphatic rings. The molecule has 102 valence electrons. The van der Waals surface area contributed by atoms with Crippen LogP contribution in [-0.2, 0) is 6.42 Å². The van der Waals surface area contributed by atoms with Crippen molar-refractivity contribution in [2.45, 2.75) is 25.8 Å². The fourth-order valence-corrected chi connectivity index (χ4v) is 2.70. The molecule has 1 unspecified atom stereocenters. The highest BCUT2D eigenvalue weighted by atomic mass is 16.5. The molecule has 2 rings (SSSR count). The van der Waals surface area contributed by atoms with Crippen LogP contribution in [0.25, 0.3) is 0 Å². The van der Waals surface area contributed by atoms with Crippen LogP contribution in [0.3, 0.4) is 0 Å². The lowest BCUT2D eigenvalue weighted by molar-refractivity contribution is 0.202. The van der Waals surface area contributed by atoms with E-state index in [2.05, 4.69) is 30.0 Å². The number of hydrogen-bond acceptors (Lipinski definition) is 4. The van der Waals surface area contributed by atoms with E-state index in [1.54, 1.807) is 14.2 Å². The predicted molar refractivity (Wildman–Crippen MR) is 73.5 cm³/mol. The Hall–Kier alpha value is -1.73.